The van der Waals surface area contributed by atoms with Crippen molar-refractivity contribution in [1.82, 2.24) is 0 Å². The van der Waals surface area contributed by atoms with Crippen LogP contribution >= 0.6 is 39.1 Å². The standard InChI is InChI=1S/C15H13BrCl2O/c1-9-7-10(16)3-5-12(9)15(18)13-8-11(17)4-6-14(13)19-2/h3-8,15H,1-2H3. The number of hydrogen-bond acceptors (Lipinski definition) is 1. The summed E-state index contributed by atoms with van der Waals surface area (Å²) in [7, 11) is 1.63. The van der Waals surface area contributed by atoms with Crippen LogP contribution in [0.3, 0.4) is 0 Å². The van der Waals surface area contributed by atoms with Crippen molar-refractivity contribution in [2.24, 2.45) is 0 Å². The monoisotopic (exact) mass is 358 g/mol. The van der Waals surface area contributed by atoms with Crippen LogP contribution in [0.1, 0.15) is 22.1 Å². The molecule has 0 N–H and O–H groups in total. The Morgan fingerprint density at radius 1 is 1.11 bits per heavy atom. The van der Waals surface area contributed by atoms with Gasteiger partial charge in [-0.05, 0) is 48.4 Å². The molecule has 0 fully saturated rings. The number of hydrogen-bond donors (Lipinski definition) is 0. The first-order valence-electron chi connectivity index (χ1n) is 5.76. The van der Waals surface area contributed by atoms with Crippen LogP contribution in [-0.4, -0.2) is 7.11 Å². The zero-order valence-electron chi connectivity index (χ0n) is 10.6. The van der Waals surface area contributed by atoms with E-state index in [1.807, 2.05) is 37.3 Å². The van der Waals surface area contributed by atoms with Crippen LogP contribution in [0.5, 0.6) is 5.75 Å². The van der Waals surface area contributed by atoms with Crippen molar-refractivity contribution in [2.75, 3.05) is 7.11 Å². The van der Waals surface area contributed by atoms with Crippen LogP contribution in [0, 0.1) is 6.92 Å². The maximum atomic E-state index is 6.59. The molecule has 0 aromatic heterocycles. The van der Waals surface area contributed by atoms with Crippen molar-refractivity contribution in [3.63, 3.8) is 0 Å². The molecule has 0 aliphatic heterocycles. The van der Waals surface area contributed by atoms with Gasteiger partial charge in [-0.25, -0.2) is 0 Å². The Morgan fingerprint density at radius 3 is 2.47 bits per heavy atom. The molecule has 1 atom stereocenters. The second kappa shape index (κ2) is 6.17. The predicted molar refractivity (Wildman–Crippen MR) is 84.6 cm³/mol. The van der Waals surface area contributed by atoms with Gasteiger partial charge in [-0.1, -0.05) is 33.6 Å². The molecule has 2 rings (SSSR count). The summed E-state index contributed by atoms with van der Waals surface area (Å²) in [4.78, 5) is 0. The van der Waals surface area contributed by atoms with Gasteiger partial charge in [-0.3, -0.25) is 0 Å². The molecule has 0 saturated carbocycles. The lowest BCUT2D eigenvalue weighted by molar-refractivity contribution is 0.410. The number of ether oxygens (including phenoxy) is 1. The molecule has 1 nitrogen and oxygen atoms in total. The molecule has 0 spiro atoms. The summed E-state index contributed by atoms with van der Waals surface area (Å²) in [6.45, 7) is 2.03. The number of methoxy groups -OCH3 is 1. The summed E-state index contributed by atoms with van der Waals surface area (Å²) in [5.74, 6) is 0.742. The molecule has 2 aromatic carbocycles. The number of halogens is 3. The van der Waals surface area contributed by atoms with Gasteiger partial charge in [0.2, 0.25) is 0 Å². The van der Waals surface area contributed by atoms with Crippen molar-refractivity contribution in [3.05, 3.63) is 62.6 Å². The van der Waals surface area contributed by atoms with Gasteiger partial charge >= 0.3 is 0 Å². The molecule has 0 amide bonds. The van der Waals surface area contributed by atoms with E-state index < -0.39 is 0 Å². The van der Waals surface area contributed by atoms with Crippen LogP contribution < -0.4 is 4.74 Å². The Bertz CT molecular complexity index is 599. The van der Waals surface area contributed by atoms with Gasteiger partial charge in [0.15, 0.2) is 0 Å². The Balaban J connectivity index is 2.49. The van der Waals surface area contributed by atoms with E-state index in [0.29, 0.717) is 5.02 Å². The molecule has 1 unspecified atom stereocenters. The lowest BCUT2D eigenvalue weighted by Crippen LogP contribution is -1.99. The molecule has 0 bridgehead atoms. The van der Waals surface area contributed by atoms with Gasteiger partial charge in [-0.15, -0.1) is 11.6 Å². The fourth-order valence-electron chi connectivity index (χ4n) is 1.99. The van der Waals surface area contributed by atoms with Gasteiger partial charge in [0.05, 0.1) is 12.5 Å². The lowest BCUT2D eigenvalue weighted by atomic mass is 9.99. The molecular weight excluding hydrogens is 347 g/mol. The number of aryl methyl sites for hydroxylation is 1. The van der Waals surface area contributed by atoms with E-state index in [9.17, 15) is 0 Å². The van der Waals surface area contributed by atoms with Crippen molar-refractivity contribution in [1.29, 1.82) is 0 Å². The van der Waals surface area contributed by atoms with Crippen LogP contribution in [0.25, 0.3) is 0 Å². The van der Waals surface area contributed by atoms with Crippen molar-refractivity contribution in [2.45, 2.75) is 12.3 Å². The summed E-state index contributed by atoms with van der Waals surface area (Å²) in [6.07, 6.45) is 0. The van der Waals surface area contributed by atoms with Crippen molar-refractivity contribution < 1.29 is 4.74 Å². The summed E-state index contributed by atoms with van der Waals surface area (Å²) >= 11 is 16.1. The fraction of sp³-hybridized carbons (Fsp3) is 0.200. The molecule has 0 radical (unpaired) electrons. The van der Waals surface area contributed by atoms with E-state index in [-0.39, 0.29) is 5.38 Å². The topological polar surface area (TPSA) is 9.23 Å². The highest BCUT2D eigenvalue weighted by atomic mass is 79.9. The average Bonchev–Trinajstić information content (AvgIpc) is 2.38. The molecule has 4 heteroatoms. The van der Waals surface area contributed by atoms with Crippen molar-refractivity contribution >= 4 is 39.1 Å². The van der Waals surface area contributed by atoms with Crippen LogP contribution in [0.4, 0.5) is 0 Å². The first-order chi connectivity index (χ1) is 9.02. The van der Waals surface area contributed by atoms with E-state index >= 15 is 0 Å². The SMILES string of the molecule is COc1ccc(Cl)cc1C(Cl)c1ccc(Br)cc1C. The van der Waals surface area contributed by atoms with E-state index in [2.05, 4.69) is 15.9 Å². The molecule has 0 heterocycles. The predicted octanol–water partition coefficient (Wildman–Crippen LogP) is 5.75. The molecular formula is C15H13BrCl2O. The van der Waals surface area contributed by atoms with Gasteiger partial charge < -0.3 is 4.74 Å². The smallest absolute Gasteiger partial charge is 0.123 e. The first kappa shape index (κ1) is 14.7. The third-order valence-corrected chi connectivity index (χ3v) is 4.17. The van der Waals surface area contributed by atoms with Gasteiger partial charge in [-0.2, -0.15) is 0 Å². The molecule has 0 aliphatic rings. The summed E-state index contributed by atoms with van der Waals surface area (Å²) in [5.41, 5.74) is 3.05. The zero-order chi connectivity index (χ0) is 14.0. The van der Waals surface area contributed by atoms with Gasteiger partial charge in [0.1, 0.15) is 5.75 Å². The van der Waals surface area contributed by atoms with E-state index in [1.165, 1.54) is 0 Å². The molecule has 0 saturated heterocycles. The minimum absolute atomic E-state index is 0.290. The minimum atomic E-state index is -0.290. The Morgan fingerprint density at radius 2 is 1.84 bits per heavy atom. The highest BCUT2D eigenvalue weighted by Crippen LogP contribution is 2.38. The number of rotatable bonds is 3. The third kappa shape index (κ3) is 3.25. The average molecular weight is 360 g/mol. The number of benzene rings is 2. The second-order valence-electron chi connectivity index (χ2n) is 4.25. The molecule has 0 aliphatic carbocycles. The highest BCUT2D eigenvalue weighted by molar-refractivity contribution is 9.10. The van der Waals surface area contributed by atoms with Gasteiger partial charge in [0, 0.05) is 15.1 Å². The summed E-state index contributed by atoms with van der Waals surface area (Å²) < 4.78 is 6.39. The maximum Gasteiger partial charge on any atom is 0.123 e. The molecule has 19 heavy (non-hydrogen) atoms. The lowest BCUT2D eigenvalue weighted by Gasteiger charge is -2.17. The summed E-state index contributed by atoms with van der Waals surface area (Å²) in [5, 5.41) is 0.359. The maximum absolute atomic E-state index is 6.59. The van der Waals surface area contributed by atoms with E-state index in [1.54, 1.807) is 13.2 Å². The van der Waals surface area contributed by atoms with Crippen LogP contribution in [0.15, 0.2) is 40.9 Å². The largest absolute Gasteiger partial charge is 0.496 e. The molecule has 2 aromatic rings. The van der Waals surface area contributed by atoms with Crippen molar-refractivity contribution in [3.8, 4) is 5.75 Å². The summed E-state index contributed by atoms with van der Waals surface area (Å²) in [6, 6.07) is 11.5. The van der Waals surface area contributed by atoms with E-state index in [0.717, 1.165) is 26.9 Å². The quantitative estimate of drug-likeness (QED) is 0.634. The Kier molecular flexibility index (Phi) is 4.77. The molecule has 100 valence electrons. The number of alkyl halides is 1. The van der Waals surface area contributed by atoms with Crippen LogP contribution in [-0.2, 0) is 0 Å². The minimum Gasteiger partial charge on any atom is -0.496 e. The van der Waals surface area contributed by atoms with Gasteiger partial charge in [0.25, 0.3) is 0 Å². The third-order valence-electron chi connectivity index (χ3n) is 2.97. The first-order valence-corrected chi connectivity index (χ1v) is 7.37. The zero-order valence-corrected chi connectivity index (χ0v) is 13.7. The van der Waals surface area contributed by atoms with E-state index in [4.69, 9.17) is 27.9 Å². The Hall–Kier alpha value is -0.700. The normalized spacial score (nSPS) is 12.3. The highest BCUT2D eigenvalue weighted by Gasteiger charge is 2.18. The Labute approximate surface area is 131 Å². The van der Waals surface area contributed by atoms with Crippen LogP contribution in [0.2, 0.25) is 5.02 Å². The second-order valence-corrected chi connectivity index (χ2v) is 6.04. The fourth-order valence-corrected chi connectivity index (χ4v) is 3.07.